The van der Waals surface area contributed by atoms with Gasteiger partial charge in [0.2, 0.25) is 0 Å². The minimum atomic E-state index is 0.733. The zero-order valence-corrected chi connectivity index (χ0v) is 8.53. The molecular weight excluding hydrogens is 176 g/mol. The summed E-state index contributed by atoms with van der Waals surface area (Å²) < 4.78 is 5.26. The molecule has 0 aliphatic carbocycles. The van der Waals surface area contributed by atoms with Crippen molar-refractivity contribution in [1.82, 2.24) is 0 Å². The zero-order chi connectivity index (χ0) is 10.4. The van der Waals surface area contributed by atoms with Gasteiger partial charge in [0, 0.05) is 7.05 Å². The van der Waals surface area contributed by atoms with Gasteiger partial charge in [-0.1, -0.05) is 13.5 Å². The lowest BCUT2D eigenvalue weighted by molar-refractivity contribution is 0.558. The number of rotatable bonds is 4. The lowest BCUT2D eigenvalue weighted by atomic mass is 10.1. The monoisotopic (exact) mass is 190 g/mol. The van der Waals surface area contributed by atoms with Crippen molar-refractivity contribution in [1.29, 1.82) is 0 Å². The number of furan rings is 1. The molecule has 0 aliphatic heterocycles. The fourth-order valence-electron chi connectivity index (χ4n) is 1.03. The molecule has 1 heterocycles. The van der Waals surface area contributed by atoms with Crippen molar-refractivity contribution < 1.29 is 4.42 Å². The van der Waals surface area contributed by atoms with Gasteiger partial charge in [0.15, 0.2) is 5.76 Å². The molecule has 0 aliphatic rings. The first-order valence-corrected chi connectivity index (χ1v) is 4.50. The van der Waals surface area contributed by atoms with Crippen LogP contribution in [0.1, 0.15) is 19.1 Å². The van der Waals surface area contributed by atoms with Crippen molar-refractivity contribution in [3.63, 3.8) is 0 Å². The molecular formula is C11H14N2O. The van der Waals surface area contributed by atoms with Crippen LogP contribution in [0.15, 0.2) is 44.9 Å². The molecule has 0 bridgehead atoms. The third-order valence-corrected chi connectivity index (χ3v) is 1.82. The average molecular weight is 190 g/mol. The van der Waals surface area contributed by atoms with Gasteiger partial charge in [0.25, 0.3) is 0 Å². The summed E-state index contributed by atoms with van der Waals surface area (Å²) in [5.74, 6) is 0.733. The summed E-state index contributed by atoms with van der Waals surface area (Å²) in [4.78, 5) is 7.99. The maximum atomic E-state index is 5.26. The van der Waals surface area contributed by atoms with Crippen LogP contribution in [-0.4, -0.2) is 19.1 Å². The highest BCUT2D eigenvalue weighted by Gasteiger charge is 2.08. The topological polar surface area (TPSA) is 37.9 Å². The Morgan fingerprint density at radius 3 is 2.93 bits per heavy atom. The first-order chi connectivity index (χ1) is 6.79. The van der Waals surface area contributed by atoms with E-state index in [1.54, 1.807) is 13.3 Å². The molecule has 0 spiro atoms. The van der Waals surface area contributed by atoms with Crippen LogP contribution < -0.4 is 0 Å². The second kappa shape index (κ2) is 5.17. The molecule has 0 N–H and O–H groups in total. The quantitative estimate of drug-likeness (QED) is 0.531. The molecule has 0 aromatic carbocycles. The first kappa shape index (κ1) is 10.4. The van der Waals surface area contributed by atoms with E-state index in [0.717, 1.165) is 23.5 Å². The van der Waals surface area contributed by atoms with Crippen LogP contribution in [0.3, 0.4) is 0 Å². The Labute approximate surface area is 83.9 Å². The number of nitrogens with zero attached hydrogens (tertiary/aromatic N) is 2. The molecule has 0 saturated heterocycles. The van der Waals surface area contributed by atoms with Gasteiger partial charge < -0.3 is 4.42 Å². The van der Waals surface area contributed by atoms with E-state index in [-0.39, 0.29) is 0 Å². The Morgan fingerprint density at radius 2 is 2.43 bits per heavy atom. The summed E-state index contributed by atoms with van der Waals surface area (Å²) in [5.41, 5.74) is 1.71. The zero-order valence-electron chi connectivity index (χ0n) is 8.53. The molecule has 0 saturated carbocycles. The smallest absolute Gasteiger partial charge is 0.152 e. The molecule has 1 aromatic heterocycles. The average Bonchev–Trinajstić information content (AvgIpc) is 2.71. The number of hydrogen-bond donors (Lipinski definition) is 0. The van der Waals surface area contributed by atoms with Crippen LogP contribution in [0.2, 0.25) is 0 Å². The predicted molar refractivity (Wildman–Crippen MR) is 59.1 cm³/mol. The van der Waals surface area contributed by atoms with Gasteiger partial charge in [0.05, 0.1) is 6.26 Å². The van der Waals surface area contributed by atoms with E-state index in [4.69, 9.17) is 4.42 Å². The molecule has 0 radical (unpaired) electrons. The third kappa shape index (κ3) is 2.42. The highest BCUT2D eigenvalue weighted by Crippen LogP contribution is 2.11. The number of hydrogen-bond acceptors (Lipinski definition) is 2. The molecule has 14 heavy (non-hydrogen) atoms. The van der Waals surface area contributed by atoms with E-state index in [0.29, 0.717) is 0 Å². The fourth-order valence-corrected chi connectivity index (χ4v) is 1.03. The lowest BCUT2D eigenvalue weighted by Crippen LogP contribution is -2.02. The van der Waals surface area contributed by atoms with Gasteiger partial charge in [-0.25, -0.2) is 4.99 Å². The molecule has 3 nitrogen and oxygen atoms in total. The molecule has 0 amide bonds. The molecule has 3 heteroatoms. The molecule has 0 fully saturated rings. The van der Waals surface area contributed by atoms with Gasteiger partial charge >= 0.3 is 0 Å². The first-order valence-electron chi connectivity index (χ1n) is 4.50. The van der Waals surface area contributed by atoms with Gasteiger partial charge in [-0.05, 0) is 24.1 Å². The number of allylic oxidation sites excluding steroid dienone is 1. The largest absolute Gasteiger partial charge is 0.463 e. The lowest BCUT2D eigenvalue weighted by Gasteiger charge is -2.02. The van der Waals surface area contributed by atoms with E-state index >= 15 is 0 Å². The predicted octanol–water partition coefficient (Wildman–Crippen LogP) is 2.69. The maximum absolute atomic E-state index is 5.26. The van der Waals surface area contributed by atoms with Gasteiger partial charge in [-0.3, -0.25) is 4.99 Å². The van der Waals surface area contributed by atoms with Crippen molar-refractivity contribution in [3.8, 4) is 0 Å². The van der Waals surface area contributed by atoms with Crippen LogP contribution >= 0.6 is 0 Å². The molecule has 74 valence electrons. The Morgan fingerprint density at radius 1 is 1.64 bits per heavy atom. The van der Waals surface area contributed by atoms with E-state index in [2.05, 4.69) is 16.6 Å². The second-order valence-electron chi connectivity index (χ2n) is 2.79. The summed E-state index contributed by atoms with van der Waals surface area (Å²) in [7, 11) is 1.68. The summed E-state index contributed by atoms with van der Waals surface area (Å²) in [6, 6.07) is 3.69. The molecule has 0 atom stereocenters. The Balaban J connectivity index is 3.00. The van der Waals surface area contributed by atoms with Crippen molar-refractivity contribution in [3.05, 3.63) is 36.3 Å². The van der Waals surface area contributed by atoms with Crippen LogP contribution in [-0.2, 0) is 0 Å². The standard InChI is InChI=1S/C11H14N2O/c1-4-9(2)11(13-8-12-3)10-6-5-7-14-10/h5-8H,2,4H2,1,3H3/b12-8-,13-11+. The minimum absolute atomic E-state index is 0.733. The summed E-state index contributed by atoms with van der Waals surface area (Å²) in [6.45, 7) is 5.96. The minimum Gasteiger partial charge on any atom is -0.463 e. The van der Waals surface area contributed by atoms with Crippen molar-refractivity contribution in [2.45, 2.75) is 13.3 Å². The number of aliphatic imine (C=N–C) groups is 2. The Bertz CT molecular complexity index is 347. The van der Waals surface area contributed by atoms with Crippen LogP contribution in [0.4, 0.5) is 0 Å². The van der Waals surface area contributed by atoms with Crippen molar-refractivity contribution >= 4 is 12.1 Å². The summed E-state index contributed by atoms with van der Waals surface area (Å²) >= 11 is 0. The van der Waals surface area contributed by atoms with Gasteiger partial charge in [0.1, 0.15) is 12.1 Å². The van der Waals surface area contributed by atoms with Crippen LogP contribution in [0.5, 0.6) is 0 Å². The third-order valence-electron chi connectivity index (χ3n) is 1.82. The maximum Gasteiger partial charge on any atom is 0.152 e. The summed E-state index contributed by atoms with van der Waals surface area (Å²) in [5, 5.41) is 0. The Hall–Kier alpha value is -1.64. The second-order valence-corrected chi connectivity index (χ2v) is 2.79. The molecule has 1 rings (SSSR count). The van der Waals surface area contributed by atoms with Crippen molar-refractivity contribution in [2.24, 2.45) is 9.98 Å². The highest BCUT2D eigenvalue weighted by molar-refractivity contribution is 6.13. The highest BCUT2D eigenvalue weighted by atomic mass is 16.3. The van der Waals surface area contributed by atoms with E-state index in [9.17, 15) is 0 Å². The van der Waals surface area contributed by atoms with Crippen LogP contribution in [0, 0.1) is 0 Å². The normalized spacial score (nSPS) is 12.3. The van der Waals surface area contributed by atoms with Crippen LogP contribution in [0.25, 0.3) is 0 Å². The Kier molecular flexibility index (Phi) is 3.85. The van der Waals surface area contributed by atoms with E-state index < -0.39 is 0 Å². The van der Waals surface area contributed by atoms with Gasteiger partial charge in [-0.2, -0.15) is 0 Å². The summed E-state index contributed by atoms with van der Waals surface area (Å²) in [6.07, 6.45) is 3.96. The SMILES string of the molecule is C=C(CC)/C(=N\C=N/C)c1ccco1. The van der Waals surface area contributed by atoms with E-state index in [1.807, 2.05) is 19.1 Å². The van der Waals surface area contributed by atoms with E-state index in [1.165, 1.54) is 6.34 Å². The fraction of sp³-hybridized carbons (Fsp3) is 0.273. The van der Waals surface area contributed by atoms with Gasteiger partial charge in [-0.15, -0.1) is 0 Å². The van der Waals surface area contributed by atoms with Crippen molar-refractivity contribution in [2.75, 3.05) is 7.05 Å². The molecule has 0 unspecified atom stereocenters. The molecule has 1 aromatic rings.